The zero-order chi connectivity index (χ0) is 3.54. The van der Waals surface area contributed by atoms with E-state index in [1.54, 1.807) is 0 Å². The van der Waals surface area contributed by atoms with Gasteiger partial charge >= 0.3 is 0 Å². The monoisotopic (exact) mass is 69.1 g/mol. The number of hydrogen-bond donors (Lipinski definition) is 0. The molecule has 1 heterocycles. The van der Waals surface area contributed by atoms with Crippen molar-refractivity contribution in [1.82, 2.24) is 0 Å². The molecule has 0 N–H and O–H groups in total. The van der Waals surface area contributed by atoms with E-state index < -0.39 is 0 Å². The van der Waals surface area contributed by atoms with E-state index in [9.17, 15) is 0 Å². The van der Waals surface area contributed by atoms with Crippen LogP contribution in [0.2, 0.25) is 6.32 Å². The maximum Gasteiger partial charge on any atom is 0.162 e. The van der Waals surface area contributed by atoms with Crippen LogP contribution in [0.25, 0.3) is 0 Å². The Bertz CT molecular complexity index is 18.5. The summed E-state index contributed by atoms with van der Waals surface area (Å²) in [5, 5.41) is 0. The molecule has 0 spiro atoms. The van der Waals surface area contributed by atoms with Gasteiger partial charge < -0.3 is 4.74 Å². The van der Waals surface area contributed by atoms with Crippen molar-refractivity contribution in [3.8, 4) is 0 Å². The summed E-state index contributed by atoms with van der Waals surface area (Å²) in [6, 6.07) is 0. The Labute approximate surface area is 32.6 Å². The highest BCUT2D eigenvalue weighted by Crippen LogP contribution is 1.94. The van der Waals surface area contributed by atoms with Crippen molar-refractivity contribution < 1.29 is 4.74 Å². The lowest BCUT2D eigenvalue weighted by molar-refractivity contribution is 0.264. The number of hydrogen-bond acceptors (Lipinski definition) is 1. The number of rotatable bonds is 0. The molecule has 0 bridgehead atoms. The van der Waals surface area contributed by atoms with Crippen LogP contribution < -0.4 is 0 Å². The topological polar surface area (TPSA) is 9.23 Å². The summed E-state index contributed by atoms with van der Waals surface area (Å²) in [5.41, 5.74) is 0. The van der Waals surface area contributed by atoms with E-state index in [1.807, 2.05) is 6.51 Å². The molecule has 1 fully saturated rings. The van der Waals surface area contributed by atoms with E-state index in [2.05, 4.69) is 0 Å². The van der Waals surface area contributed by atoms with E-state index in [4.69, 9.17) is 4.74 Å². The van der Waals surface area contributed by atoms with Gasteiger partial charge in [-0.05, 0) is 0 Å². The molecule has 0 aromatic rings. The normalized spacial score (nSPS) is 22.4. The van der Waals surface area contributed by atoms with Gasteiger partial charge in [-0.2, -0.15) is 0 Å². The molecule has 1 radical (unpaired) electrons. The van der Waals surface area contributed by atoms with Crippen molar-refractivity contribution in [1.29, 1.82) is 0 Å². The SMILES string of the molecule is B1[CH]OCC1. The molecule has 0 aromatic carbocycles. The van der Waals surface area contributed by atoms with Crippen LogP contribution in [-0.4, -0.2) is 13.9 Å². The van der Waals surface area contributed by atoms with E-state index in [0.29, 0.717) is 0 Å². The highest BCUT2D eigenvalue weighted by Gasteiger charge is 1.98. The van der Waals surface area contributed by atoms with Gasteiger partial charge in [0.15, 0.2) is 7.28 Å². The van der Waals surface area contributed by atoms with Gasteiger partial charge in [-0.25, -0.2) is 0 Å². The second-order valence-electron chi connectivity index (χ2n) is 1.18. The van der Waals surface area contributed by atoms with Crippen LogP contribution in [0.3, 0.4) is 0 Å². The molecule has 0 aromatic heterocycles. The zero-order valence-electron chi connectivity index (χ0n) is 3.11. The quantitative estimate of drug-likeness (QED) is 0.363. The summed E-state index contributed by atoms with van der Waals surface area (Å²) in [4.78, 5) is 0. The average Bonchev–Trinajstić information content (AvgIpc) is 1.76. The predicted molar refractivity (Wildman–Crippen MR) is 22.2 cm³/mol. The van der Waals surface area contributed by atoms with E-state index in [1.165, 1.54) is 6.32 Å². The standard InChI is InChI=1S/C3H6BO/c1-2-5-3-4-1/h3-4H,1-2H2. The first-order valence-electron chi connectivity index (χ1n) is 1.93. The second kappa shape index (κ2) is 1.46. The van der Waals surface area contributed by atoms with Crippen LogP contribution in [-0.2, 0) is 4.74 Å². The average molecular weight is 68.9 g/mol. The molecule has 1 aliphatic heterocycles. The predicted octanol–water partition coefficient (Wildman–Crippen LogP) is -0.00931. The molecule has 2 heteroatoms. The van der Waals surface area contributed by atoms with Crippen LogP contribution in [0, 0.1) is 6.51 Å². The highest BCUT2D eigenvalue weighted by molar-refractivity contribution is 6.40. The van der Waals surface area contributed by atoms with Crippen LogP contribution >= 0.6 is 0 Å². The van der Waals surface area contributed by atoms with Crippen LogP contribution in [0.1, 0.15) is 0 Å². The molecule has 0 unspecified atom stereocenters. The first-order valence-corrected chi connectivity index (χ1v) is 1.93. The van der Waals surface area contributed by atoms with Gasteiger partial charge in [-0.15, -0.1) is 0 Å². The first kappa shape index (κ1) is 3.22. The second-order valence-corrected chi connectivity index (χ2v) is 1.18. The molecule has 1 saturated heterocycles. The molecule has 0 aliphatic carbocycles. The van der Waals surface area contributed by atoms with Crippen LogP contribution in [0.5, 0.6) is 0 Å². The minimum atomic E-state index is 0.944. The lowest BCUT2D eigenvalue weighted by Gasteiger charge is -1.77. The Hall–Kier alpha value is 0.0249. The third-order valence-electron chi connectivity index (χ3n) is 0.702. The maximum absolute atomic E-state index is 4.82. The van der Waals surface area contributed by atoms with Gasteiger partial charge in [0.1, 0.15) is 0 Å². The third-order valence-corrected chi connectivity index (χ3v) is 0.702. The maximum atomic E-state index is 4.82. The Morgan fingerprint density at radius 3 is 3.00 bits per heavy atom. The molecule has 0 amide bonds. The van der Waals surface area contributed by atoms with Gasteiger partial charge in [0.05, 0.1) is 0 Å². The molecule has 0 atom stereocenters. The summed E-state index contributed by atoms with van der Waals surface area (Å²) in [6.07, 6.45) is 1.22. The molecular weight excluding hydrogens is 62.8 g/mol. The largest absolute Gasteiger partial charge is 0.386 e. The summed E-state index contributed by atoms with van der Waals surface area (Å²) in [7, 11) is 1.15. The first-order chi connectivity index (χ1) is 2.50. The fourth-order valence-electron chi connectivity index (χ4n) is 0.417. The summed E-state index contributed by atoms with van der Waals surface area (Å²) in [6.45, 7) is 2.81. The van der Waals surface area contributed by atoms with Gasteiger partial charge in [0.2, 0.25) is 0 Å². The Morgan fingerprint density at radius 1 is 1.80 bits per heavy atom. The highest BCUT2D eigenvalue weighted by atomic mass is 16.5. The zero-order valence-corrected chi connectivity index (χ0v) is 3.11. The van der Waals surface area contributed by atoms with Crippen molar-refractivity contribution in [2.24, 2.45) is 0 Å². The van der Waals surface area contributed by atoms with E-state index in [0.717, 1.165) is 13.9 Å². The lowest BCUT2D eigenvalue weighted by Crippen LogP contribution is -1.73. The fourth-order valence-corrected chi connectivity index (χ4v) is 0.417. The van der Waals surface area contributed by atoms with Gasteiger partial charge in [-0.3, -0.25) is 0 Å². The Balaban J connectivity index is 2.08. The molecule has 0 saturated carbocycles. The van der Waals surface area contributed by atoms with Gasteiger partial charge in [0, 0.05) is 13.1 Å². The molecular formula is C3H6BO. The van der Waals surface area contributed by atoms with Crippen molar-refractivity contribution in [3.63, 3.8) is 0 Å². The summed E-state index contributed by atoms with van der Waals surface area (Å²) < 4.78 is 4.82. The molecule has 1 nitrogen and oxygen atoms in total. The Kier molecular flexibility index (Phi) is 0.940. The van der Waals surface area contributed by atoms with Crippen LogP contribution in [0.15, 0.2) is 0 Å². The molecule has 5 heavy (non-hydrogen) atoms. The van der Waals surface area contributed by atoms with Crippen molar-refractivity contribution in [2.75, 3.05) is 6.61 Å². The minimum Gasteiger partial charge on any atom is -0.386 e. The molecule has 27 valence electrons. The van der Waals surface area contributed by atoms with Gasteiger partial charge in [-0.1, -0.05) is 6.32 Å². The third kappa shape index (κ3) is 0.654. The summed E-state index contributed by atoms with van der Waals surface area (Å²) >= 11 is 0. The van der Waals surface area contributed by atoms with Crippen molar-refractivity contribution >= 4 is 7.28 Å². The summed E-state index contributed by atoms with van der Waals surface area (Å²) in [5.74, 6) is 0. The molecule has 1 aliphatic rings. The van der Waals surface area contributed by atoms with Gasteiger partial charge in [0.25, 0.3) is 0 Å². The van der Waals surface area contributed by atoms with Crippen molar-refractivity contribution in [2.45, 2.75) is 6.32 Å². The smallest absolute Gasteiger partial charge is 0.162 e. The van der Waals surface area contributed by atoms with Crippen LogP contribution in [0.4, 0.5) is 0 Å². The van der Waals surface area contributed by atoms with E-state index in [-0.39, 0.29) is 0 Å². The van der Waals surface area contributed by atoms with Crippen molar-refractivity contribution in [3.05, 3.63) is 6.51 Å². The lowest BCUT2D eigenvalue weighted by atomic mass is 9.79. The Morgan fingerprint density at radius 2 is 2.80 bits per heavy atom. The molecule has 1 rings (SSSR count). The fraction of sp³-hybridized carbons (Fsp3) is 0.667. The number of ether oxygens (including phenoxy) is 1. The minimum absolute atomic E-state index is 0.944. The van der Waals surface area contributed by atoms with E-state index >= 15 is 0 Å².